The van der Waals surface area contributed by atoms with Gasteiger partial charge in [-0.05, 0) is 57.7 Å². The number of nitrogens with zero attached hydrogens (tertiary/aromatic N) is 1. The molecular weight excluding hydrogens is 336 g/mol. The Bertz CT molecular complexity index is 571. The van der Waals surface area contributed by atoms with Gasteiger partial charge in [-0.2, -0.15) is 0 Å². The molecule has 0 aliphatic carbocycles. The number of nitrogens with two attached hydrogens (primary N) is 1. The molecule has 0 fully saturated rings. The molecule has 0 radical (unpaired) electrons. The van der Waals surface area contributed by atoms with Crippen molar-refractivity contribution in [3.8, 4) is 5.75 Å². The number of ether oxygens (including phenoxy) is 1. The first kappa shape index (κ1) is 15.5. The molecule has 1 heterocycles. The van der Waals surface area contributed by atoms with Crippen LogP contribution in [-0.4, -0.2) is 19.1 Å². The van der Waals surface area contributed by atoms with Crippen molar-refractivity contribution in [3.63, 3.8) is 0 Å². The van der Waals surface area contributed by atoms with Crippen molar-refractivity contribution in [2.45, 2.75) is 19.6 Å². The van der Waals surface area contributed by atoms with Crippen molar-refractivity contribution in [1.29, 1.82) is 0 Å². The Morgan fingerprint density at radius 1 is 1.25 bits per heavy atom. The van der Waals surface area contributed by atoms with E-state index in [9.17, 15) is 0 Å². The van der Waals surface area contributed by atoms with Crippen LogP contribution in [0, 0.1) is 0 Å². The summed E-state index contributed by atoms with van der Waals surface area (Å²) < 4.78 is 6.47. The molecule has 20 heavy (non-hydrogen) atoms. The fraction of sp³-hybridized carbons (Fsp3) is 0.333. The molecule has 2 rings (SSSR count). The van der Waals surface area contributed by atoms with Crippen LogP contribution in [0.25, 0.3) is 0 Å². The fourth-order valence-corrected chi connectivity index (χ4v) is 3.40. The third kappa shape index (κ3) is 4.06. The first-order valence-electron chi connectivity index (χ1n) is 6.39. The van der Waals surface area contributed by atoms with Crippen LogP contribution >= 0.6 is 27.3 Å². The number of hydrogen-bond acceptors (Lipinski definition) is 4. The van der Waals surface area contributed by atoms with E-state index < -0.39 is 0 Å². The maximum atomic E-state index is 5.75. The molecule has 1 aromatic heterocycles. The molecule has 0 bridgehead atoms. The zero-order valence-electron chi connectivity index (χ0n) is 11.7. The van der Waals surface area contributed by atoms with Crippen LogP contribution in [0.3, 0.4) is 0 Å². The van der Waals surface area contributed by atoms with Crippen molar-refractivity contribution in [3.05, 3.63) is 50.1 Å². The predicted octanol–water partition coefficient (Wildman–Crippen LogP) is 3.61. The molecule has 0 atom stereocenters. The number of methoxy groups -OCH3 is 1. The van der Waals surface area contributed by atoms with E-state index in [1.54, 1.807) is 18.4 Å². The van der Waals surface area contributed by atoms with Gasteiger partial charge in [0.2, 0.25) is 0 Å². The summed E-state index contributed by atoms with van der Waals surface area (Å²) in [5, 5.41) is 2.18. The Morgan fingerprint density at radius 2 is 2.00 bits per heavy atom. The molecule has 0 aliphatic rings. The van der Waals surface area contributed by atoms with E-state index in [4.69, 9.17) is 10.5 Å². The summed E-state index contributed by atoms with van der Waals surface area (Å²) in [6.45, 7) is 2.33. The summed E-state index contributed by atoms with van der Waals surface area (Å²) in [5.41, 5.74) is 9.39. The van der Waals surface area contributed by atoms with Crippen molar-refractivity contribution in [1.82, 2.24) is 4.90 Å². The number of hydrogen-bond donors (Lipinski definition) is 1. The first-order valence-corrected chi connectivity index (χ1v) is 8.07. The second-order valence-electron chi connectivity index (χ2n) is 4.78. The van der Waals surface area contributed by atoms with Gasteiger partial charge >= 0.3 is 0 Å². The van der Waals surface area contributed by atoms with Gasteiger partial charge in [0.25, 0.3) is 0 Å². The minimum absolute atomic E-state index is 0.498. The predicted molar refractivity (Wildman–Crippen MR) is 88.1 cm³/mol. The Labute approximate surface area is 132 Å². The van der Waals surface area contributed by atoms with Crippen molar-refractivity contribution < 1.29 is 4.74 Å². The molecule has 5 heteroatoms. The van der Waals surface area contributed by atoms with Crippen LogP contribution in [-0.2, 0) is 19.6 Å². The van der Waals surface area contributed by atoms with Crippen LogP contribution in [0.15, 0.2) is 33.4 Å². The van der Waals surface area contributed by atoms with Crippen LogP contribution in [0.4, 0.5) is 0 Å². The van der Waals surface area contributed by atoms with Gasteiger partial charge in [-0.1, -0.05) is 6.07 Å². The summed E-state index contributed by atoms with van der Waals surface area (Å²) >= 11 is 5.22. The van der Waals surface area contributed by atoms with Crippen molar-refractivity contribution >= 4 is 27.3 Å². The van der Waals surface area contributed by atoms with E-state index in [1.807, 2.05) is 6.07 Å². The zero-order chi connectivity index (χ0) is 14.5. The number of thiophene rings is 1. The standard InChI is InChI=1S/C15H19BrN2OS/c1-18(9-12-6-15(16)20-10-12)8-11-3-4-14(19-2)13(5-11)7-17/h3-6,10H,7-9,17H2,1-2H3. The largest absolute Gasteiger partial charge is 0.496 e. The highest BCUT2D eigenvalue weighted by Crippen LogP contribution is 2.23. The van der Waals surface area contributed by atoms with Crippen LogP contribution in [0.2, 0.25) is 0 Å². The monoisotopic (exact) mass is 354 g/mol. The molecule has 0 saturated carbocycles. The number of halogens is 1. The summed E-state index contributed by atoms with van der Waals surface area (Å²) in [7, 11) is 3.80. The highest BCUT2D eigenvalue weighted by Gasteiger charge is 2.07. The van der Waals surface area contributed by atoms with E-state index in [-0.39, 0.29) is 0 Å². The normalized spacial score (nSPS) is 11.1. The van der Waals surface area contributed by atoms with Gasteiger partial charge in [0, 0.05) is 25.2 Å². The lowest BCUT2D eigenvalue weighted by Crippen LogP contribution is -2.17. The second-order valence-corrected chi connectivity index (χ2v) is 7.07. The molecule has 1 aromatic carbocycles. The summed E-state index contributed by atoms with van der Waals surface area (Å²) in [4.78, 5) is 2.29. The smallest absolute Gasteiger partial charge is 0.123 e. The van der Waals surface area contributed by atoms with Gasteiger partial charge in [0.1, 0.15) is 5.75 Å². The third-order valence-electron chi connectivity index (χ3n) is 3.09. The number of rotatable bonds is 6. The SMILES string of the molecule is COc1ccc(CN(C)Cc2csc(Br)c2)cc1CN. The molecule has 0 saturated heterocycles. The minimum Gasteiger partial charge on any atom is -0.496 e. The molecule has 3 nitrogen and oxygen atoms in total. The van der Waals surface area contributed by atoms with Crippen LogP contribution < -0.4 is 10.5 Å². The second kappa shape index (κ2) is 7.22. The minimum atomic E-state index is 0.498. The van der Waals surface area contributed by atoms with Crippen molar-refractivity contribution in [2.75, 3.05) is 14.2 Å². The van der Waals surface area contributed by atoms with E-state index in [2.05, 4.69) is 51.5 Å². The molecule has 0 aliphatic heterocycles. The zero-order valence-corrected chi connectivity index (χ0v) is 14.1. The lowest BCUT2D eigenvalue weighted by atomic mass is 10.1. The van der Waals surface area contributed by atoms with Gasteiger partial charge < -0.3 is 10.5 Å². The van der Waals surface area contributed by atoms with Crippen LogP contribution in [0.5, 0.6) is 5.75 Å². The van der Waals surface area contributed by atoms with E-state index >= 15 is 0 Å². The first-order chi connectivity index (χ1) is 9.62. The lowest BCUT2D eigenvalue weighted by molar-refractivity contribution is 0.319. The molecule has 0 spiro atoms. The Balaban J connectivity index is 2.02. The highest BCUT2D eigenvalue weighted by atomic mass is 79.9. The molecule has 2 N–H and O–H groups in total. The Morgan fingerprint density at radius 3 is 2.60 bits per heavy atom. The molecule has 108 valence electrons. The van der Waals surface area contributed by atoms with E-state index in [0.29, 0.717) is 6.54 Å². The van der Waals surface area contributed by atoms with Gasteiger partial charge in [-0.25, -0.2) is 0 Å². The Kier molecular flexibility index (Phi) is 5.60. The van der Waals surface area contributed by atoms with Crippen molar-refractivity contribution in [2.24, 2.45) is 5.73 Å². The molecular formula is C15H19BrN2OS. The highest BCUT2D eigenvalue weighted by molar-refractivity contribution is 9.11. The van der Waals surface area contributed by atoms with E-state index in [1.165, 1.54) is 14.9 Å². The Hall–Kier alpha value is -0.880. The molecule has 0 amide bonds. The van der Waals surface area contributed by atoms with E-state index in [0.717, 1.165) is 24.4 Å². The maximum Gasteiger partial charge on any atom is 0.123 e. The summed E-state index contributed by atoms with van der Waals surface area (Å²) in [5.74, 6) is 0.862. The maximum absolute atomic E-state index is 5.75. The molecule has 0 unspecified atom stereocenters. The van der Waals surface area contributed by atoms with Gasteiger partial charge in [0.15, 0.2) is 0 Å². The summed E-state index contributed by atoms with van der Waals surface area (Å²) in [6, 6.07) is 8.38. The van der Waals surface area contributed by atoms with Crippen LogP contribution in [0.1, 0.15) is 16.7 Å². The quantitative estimate of drug-likeness (QED) is 0.860. The third-order valence-corrected chi connectivity index (χ3v) is 4.64. The lowest BCUT2D eigenvalue weighted by Gasteiger charge is -2.17. The topological polar surface area (TPSA) is 38.5 Å². The average molecular weight is 355 g/mol. The van der Waals surface area contributed by atoms with Gasteiger partial charge in [0.05, 0.1) is 10.9 Å². The van der Waals surface area contributed by atoms with Gasteiger partial charge in [-0.15, -0.1) is 11.3 Å². The molecule has 2 aromatic rings. The number of benzene rings is 1. The van der Waals surface area contributed by atoms with Gasteiger partial charge in [-0.3, -0.25) is 4.90 Å². The average Bonchev–Trinajstić information content (AvgIpc) is 2.83. The fourth-order valence-electron chi connectivity index (χ4n) is 2.20. The summed E-state index contributed by atoms with van der Waals surface area (Å²) in [6.07, 6.45) is 0.